The largest absolute Gasteiger partial charge is 0.391 e. The van der Waals surface area contributed by atoms with Crippen molar-refractivity contribution in [3.63, 3.8) is 0 Å². The number of likely N-dealkylation sites (N-methyl/N-ethyl adjacent to an activating group) is 1. The van der Waals surface area contributed by atoms with Gasteiger partial charge in [-0.25, -0.2) is 0 Å². The maximum atomic E-state index is 12.3. The predicted octanol–water partition coefficient (Wildman–Crippen LogP) is 1.05. The molecule has 98 valence electrons. The summed E-state index contributed by atoms with van der Waals surface area (Å²) >= 11 is 0. The average Bonchev–Trinajstić information content (AvgIpc) is 3.21. The molecule has 0 amide bonds. The minimum atomic E-state index is -0.148. The van der Waals surface area contributed by atoms with Crippen molar-refractivity contribution in [3.05, 3.63) is 33.2 Å². The molecule has 0 radical (unpaired) electrons. The first-order valence-electron chi connectivity index (χ1n) is 6.84. The average molecular weight is 248 g/mol. The molecule has 4 nitrogen and oxygen atoms in total. The highest BCUT2D eigenvalue weighted by Crippen LogP contribution is 2.36. The quantitative estimate of drug-likeness (QED) is 0.870. The maximum Gasteiger partial charge on any atom is 0.256 e. The number of aliphatic hydroxyl groups excluding tert-OH is 1. The zero-order valence-corrected chi connectivity index (χ0v) is 10.9. The van der Waals surface area contributed by atoms with E-state index in [0.29, 0.717) is 11.6 Å². The summed E-state index contributed by atoms with van der Waals surface area (Å²) in [4.78, 5) is 14.7. The molecule has 0 spiro atoms. The van der Waals surface area contributed by atoms with E-state index in [2.05, 4.69) is 11.8 Å². The van der Waals surface area contributed by atoms with E-state index >= 15 is 0 Å². The number of fused-ring (bicyclic) bond motifs is 1. The number of pyridine rings is 1. The molecule has 1 saturated carbocycles. The summed E-state index contributed by atoms with van der Waals surface area (Å²) < 4.78 is 1.97. The molecule has 2 aliphatic rings. The minimum Gasteiger partial charge on any atom is -0.391 e. The number of hydrogen-bond donors (Lipinski definition) is 1. The van der Waals surface area contributed by atoms with Gasteiger partial charge in [0, 0.05) is 36.8 Å². The van der Waals surface area contributed by atoms with Crippen LogP contribution < -0.4 is 5.56 Å². The van der Waals surface area contributed by atoms with Crippen molar-refractivity contribution in [1.29, 1.82) is 0 Å². The normalized spacial score (nSPS) is 19.9. The topological polar surface area (TPSA) is 45.5 Å². The van der Waals surface area contributed by atoms with Crippen molar-refractivity contribution in [2.45, 2.75) is 45.4 Å². The van der Waals surface area contributed by atoms with Crippen LogP contribution in [-0.4, -0.2) is 27.7 Å². The summed E-state index contributed by atoms with van der Waals surface area (Å²) in [6.07, 6.45) is 3.18. The smallest absolute Gasteiger partial charge is 0.256 e. The van der Waals surface area contributed by atoms with Crippen LogP contribution in [0.25, 0.3) is 0 Å². The van der Waals surface area contributed by atoms with Crippen LogP contribution in [0, 0.1) is 0 Å². The van der Waals surface area contributed by atoms with E-state index in [4.69, 9.17) is 0 Å². The van der Waals surface area contributed by atoms with Gasteiger partial charge in [-0.2, -0.15) is 0 Å². The monoisotopic (exact) mass is 248 g/mol. The van der Waals surface area contributed by atoms with E-state index in [-0.39, 0.29) is 12.2 Å². The van der Waals surface area contributed by atoms with Crippen molar-refractivity contribution in [2.24, 2.45) is 0 Å². The number of hydrogen-bond acceptors (Lipinski definition) is 3. The third-order valence-corrected chi connectivity index (χ3v) is 4.09. The van der Waals surface area contributed by atoms with Gasteiger partial charge >= 0.3 is 0 Å². The van der Waals surface area contributed by atoms with Gasteiger partial charge in [0.15, 0.2) is 0 Å². The summed E-state index contributed by atoms with van der Waals surface area (Å²) in [6.45, 7) is 5.00. The molecular weight excluding hydrogens is 228 g/mol. The van der Waals surface area contributed by atoms with Crippen LogP contribution in [0.5, 0.6) is 0 Å². The zero-order chi connectivity index (χ0) is 12.7. The van der Waals surface area contributed by atoms with Crippen LogP contribution in [0.4, 0.5) is 0 Å². The third kappa shape index (κ3) is 1.89. The molecule has 1 aliphatic heterocycles. The van der Waals surface area contributed by atoms with E-state index < -0.39 is 0 Å². The number of aromatic nitrogens is 1. The van der Waals surface area contributed by atoms with Gasteiger partial charge in [0.25, 0.3) is 5.56 Å². The molecule has 0 aromatic carbocycles. The lowest BCUT2D eigenvalue weighted by Gasteiger charge is -2.30. The van der Waals surface area contributed by atoms with E-state index in [1.807, 2.05) is 10.6 Å². The van der Waals surface area contributed by atoms with Gasteiger partial charge in [-0.05, 0) is 31.0 Å². The molecule has 4 heteroatoms. The Kier molecular flexibility index (Phi) is 2.99. The molecule has 1 fully saturated rings. The van der Waals surface area contributed by atoms with Crippen LogP contribution in [-0.2, 0) is 19.6 Å². The SMILES string of the molecule is CCN1CCc2c(cc(CO)c(=O)n2C2CC2)C1. The Morgan fingerprint density at radius 1 is 1.44 bits per heavy atom. The summed E-state index contributed by atoms with van der Waals surface area (Å²) in [6, 6.07) is 2.31. The van der Waals surface area contributed by atoms with Crippen molar-refractivity contribution < 1.29 is 5.11 Å². The van der Waals surface area contributed by atoms with Crippen LogP contribution in [0.2, 0.25) is 0 Å². The van der Waals surface area contributed by atoms with Crippen LogP contribution in [0.15, 0.2) is 10.9 Å². The van der Waals surface area contributed by atoms with Gasteiger partial charge in [-0.1, -0.05) is 6.92 Å². The first-order valence-corrected chi connectivity index (χ1v) is 6.84. The third-order valence-electron chi connectivity index (χ3n) is 4.09. The molecule has 0 saturated heterocycles. The second-order valence-corrected chi connectivity index (χ2v) is 5.32. The second-order valence-electron chi connectivity index (χ2n) is 5.32. The second kappa shape index (κ2) is 4.52. The van der Waals surface area contributed by atoms with Crippen molar-refractivity contribution in [2.75, 3.05) is 13.1 Å². The molecule has 0 bridgehead atoms. The highest BCUT2D eigenvalue weighted by atomic mass is 16.3. The van der Waals surface area contributed by atoms with Crippen molar-refractivity contribution in [3.8, 4) is 0 Å². The molecule has 2 heterocycles. The summed E-state index contributed by atoms with van der Waals surface area (Å²) in [7, 11) is 0. The Morgan fingerprint density at radius 2 is 2.22 bits per heavy atom. The molecule has 0 unspecified atom stereocenters. The number of aliphatic hydroxyl groups is 1. The fourth-order valence-corrected chi connectivity index (χ4v) is 2.89. The van der Waals surface area contributed by atoms with Gasteiger partial charge in [0.05, 0.1) is 6.61 Å². The molecule has 1 aromatic rings. The first-order chi connectivity index (χ1) is 8.74. The number of rotatable bonds is 3. The van der Waals surface area contributed by atoms with Crippen molar-refractivity contribution in [1.82, 2.24) is 9.47 Å². The lowest BCUT2D eigenvalue weighted by atomic mass is 10.0. The zero-order valence-electron chi connectivity index (χ0n) is 10.9. The van der Waals surface area contributed by atoms with Crippen LogP contribution in [0.1, 0.15) is 42.6 Å². The Hall–Kier alpha value is -1.13. The highest BCUT2D eigenvalue weighted by molar-refractivity contribution is 5.30. The highest BCUT2D eigenvalue weighted by Gasteiger charge is 2.30. The Morgan fingerprint density at radius 3 is 2.83 bits per heavy atom. The molecular formula is C14H20N2O2. The fourth-order valence-electron chi connectivity index (χ4n) is 2.89. The maximum absolute atomic E-state index is 12.3. The standard InChI is InChI=1S/C14H20N2O2/c1-2-15-6-5-13-10(8-15)7-11(9-17)14(18)16(13)12-3-4-12/h7,12,17H,2-6,8-9H2,1H3. The van der Waals surface area contributed by atoms with E-state index in [0.717, 1.165) is 38.9 Å². The molecule has 1 N–H and O–H groups in total. The Labute approximate surface area is 107 Å². The van der Waals surface area contributed by atoms with E-state index in [1.54, 1.807) is 0 Å². The Bertz CT molecular complexity index is 517. The summed E-state index contributed by atoms with van der Waals surface area (Å²) in [5.41, 5.74) is 3.03. The first kappa shape index (κ1) is 11.9. The molecule has 3 rings (SSSR count). The van der Waals surface area contributed by atoms with Gasteiger partial charge in [0.1, 0.15) is 0 Å². The van der Waals surface area contributed by atoms with Gasteiger partial charge in [0.2, 0.25) is 0 Å². The predicted molar refractivity (Wildman–Crippen MR) is 69.6 cm³/mol. The van der Waals surface area contributed by atoms with Crippen molar-refractivity contribution >= 4 is 0 Å². The number of nitrogens with zero attached hydrogens (tertiary/aromatic N) is 2. The van der Waals surface area contributed by atoms with Gasteiger partial charge in [-0.15, -0.1) is 0 Å². The lowest BCUT2D eigenvalue weighted by molar-refractivity contribution is 0.257. The van der Waals surface area contributed by atoms with E-state index in [9.17, 15) is 9.90 Å². The minimum absolute atomic E-state index is 0.0312. The molecule has 18 heavy (non-hydrogen) atoms. The van der Waals surface area contributed by atoms with Gasteiger partial charge < -0.3 is 9.67 Å². The molecule has 0 atom stereocenters. The molecule has 1 aliphatic carbocycles. The van der Waals surface area contributed by atoms with Gasteiger partial charge in [-0.3, -0.25) is 9.69 Å². The summed E-state index contributed by atoms with van der Waals surface area (Å²) in [5, 5.41) is 9.34. The van der Waals surface area contributed by atoms with E-state index in [1.165, 1.54) is 11.3 Å². The van der Waals surface area contributed by atoms with Crippen LogP contribution in [0.3, 0.4) is 0 Å². The summed E-state index contributed by atoms with van der Waals surface area (Å²) in [5.74, 6) is 0. The lowest BCUT2D eigenvalue weighted by Crippen LogP contribution is -2.36. The van der Waals surface area contributed by atoms with Crippen LogP contribution >= 0.6 is 0 Å². The molecule has 1 aromatic heterocycles. The fraction of sp³-hybridized carbons (Fsp3) is 0.643. The Balaban J connectivity index is 2.11.